The number of rotatable bonds is 3. The Morgan fingerprint density at radius 1 is 1.50 bits per heavy atom. The lowest BCUT2D eigenvalue weighted by atomic mass is 10.1. The van der Waals surface area contributed by atoms with E-state index in [0.717, 1.165) is 23.3 Å². The molecule has 0 aromatic carbocycles. The molecule has 0 aliphatic rings. The van der Waals surface area contributed by atoms with Crippen molar-refractivity contribution in [1.29, 1.82) is 0 Å². The van der Waals surface area contributed by atoms with E-state index < -0.39 is 0 Å². The van der Waals surface area contributed by atoms with Gasteiger partial charge in [0.25, 0.3) is 0 Å². The van der Waals surface area contributed by atoms with Crippen LogP contribution in [0.1, 0.15) is 27.2 Å². The second kappa shape index (κ2) is 5.49. The summed E-state index contributed by atoms with van der Waals surface area (Å²) in [4.78, 5) is 0. The maximum absolute atomic E-state index is 5.22. The molecule has 0 aliphatic carbocycles. The summed E-state index contributed by atoms with van der Waals surface area (Å²) in [6.45, 7) is 5.97. The number of hydrogen-bond acceptors (Lipinski definition) is 1. The van der Waals surface area contributed by atoms with Gasteiger partial charge in [-0.25, -0.2) is 0 Å². The molecule has 0 N–H and O–H groups in total. The lowest BCUT2D eigenvalue weighted by molar-refractivity contribution is 0.277. The highest BCUT2D eigenvalue weighted by molar-refractivity contribution is 5.32. The van der Waals surface area contributed by atoms with Crippen molar-refractivity contribution in [2.75, 3.05) is 7.11 Å². The minimum Gasteiger partial charge on any atom is -0.501 e. The van der Waals surface area contributed by atoms with Crippen LogP contribution in [0.4, 0.5) is 0 Å². The lowest BCUT2D eigenvalue weighted by Crippen LogP contribution is -1.88. The predicted octanol–water partition coefficient (Wildman–Crippen LogP) is 2.90. The fourth-order valence-electron chi connectivity index (χ4n) is 1.03. The third-order valence-corrected chi connectivity index (χ3v) is 1.67. The molecule has 0 aromatic heterocycles. The Hall–Kier alpha value is -1.16. The number of terminal acetylenes is 1. The molecule has 0 amide bonds. The lowest BCUT2D eigenvalue weighted by Gasteiger charge is -2.05. The Kier molecular flexibility index (Phi) is 4.96. The molecule has 0 heterocycles. The molecule has 1 heteroatoms. The molecule has 0 saturated carbocycles. The maximum atomic E-state index is 5.22. The molecule has 0 atom stereocenters. The van der Waals surface area contributed by atoms with Gasteiger partial charge in [0.2, 0.25) is 0 Å². The van der Waals surface area contributed by atoms with E-state index in [4.69, 9.17) is 11.2 Å². The summed E-state index contributed by atoms with van der Waals surface area (Å²) in [7, 11) is 1.68. The van der Waals surface area contributed by atoms with Gasteiger partial charge >= 0.3 is 0 Å². The number of ether oxygens (including phenoxy) is 1. The van der Waals surface area contributed by atoms with Crippen molar-refractivity contribution in [3.8, 4) is 12.3 Å². The molecule has 0 radical (unpaired) electrons. The normalized spacial score (nSPS) is 13.4. The largest absolute Gasteiger partial charge is 0.501 e. The van der Waals surface area contributed by atoms with Crippen LogP contribution >= 0.6 is 0 Å². The van der Waals surface area contributed by atoms with Gasteiger partial charge in [0.05, 0.1) is 12.9 Å². The van der Waals surface area contributed by atoms with Crippen LogP contribution in [0.2, 0.25) is 0 Å². The van der Waals surface area contributed by atoms with Gasteiger partial charge in [-0.05, 0) is 31.1 Å². The van der Waals surface area contributed by atoms with Crippen molar-refractivity contribution in [3.05, 3.63) is 23.0 Å². The molecule has 0 bridgehead atoms. The molecule has 0 spiro atoms. The summed E-state index contributed by atoms with van der Waals surface area (Å²) < 4.78 is 5.17. The van der Waals surface area contributed by atoms with Gasteiger partial charge in [-0.2, -0.15) is 0 Å². The molecule has 0 saturated heterocycles. The van der Waals surface area contributed by atoms with Crippen LogP contribution in [-0.2, 0) is 4.74 Å². The highest BCUT2D eigenvalue weighted by Gasteiger charge is 1.96. The van der Waals surface area contributed by atoms with Gasteiger partial charge in [0.1, 0.15) is 0 Å². The van der Waals surface area contributed by atoms with Crippen LogP contribution in [-0.4, -0.2) is 7.11 Å². The van der Waals surface area contributed by atoms with Crippen LogP contribution < -0.4 is 0 Å². The van der Waals surface area contributed by atoms with Crippen molar-refractivity contribution in [2.24, 2.45) is 0 Å². The zero-order chi connectivity index (χ0) is 9.56. The van der Waals surface area contributed by atoms with Gasteiger partial charge in [-0.3, -0.25) is 0 Å². The minimum absolute atomic E-state index is 0.899. The van der Waals surface area contributed by atoms with Gasteiger partial charge in [0, 0.05) is 6.42 Å². The summed E-state index contributed by atoms with van der Waals surface area (Å²) in [5.41, 5.74) is 2.03. The molecule has 0 rings (SSSR count). The highest BCUT2D eigenvalue weighted by atomic mass is 16.5. The van der Waals surface area contributed by atoms with Crippen molar-refractivity contribution in [3.63, 3.8) is 0 Å². The van der Waals surface area contributed by atoms with Crippen molar-refractivity contribution in [2.45, 2.75) is 27.2 Å². The zero-order valence-corrected chi connectivity index (χ0v) is 8.27. The summed E-state index contributed by atoms with van der Waals surface area (Å²) in [6, 6.07) is 0. The average molecular weight is 164 g/mol. The third kappa shape index (κ3) is 3.30. The summed E-state index contributed by atoms with van der Waals surface area (Å²) in [5.74, 6) is 3.56. The van der Waals surface area contributed by atoms with E-state index >= 15 is 0 Å². The van der Waals surface area contributed by atoms with Crippen LogP contribution in [0.5, 0.6) is 0 Å². The van der Waals surface area contributed by atoms with E-state index in [1.807, 2.05) is 19.9 Å². The second-order valence-corrected chi connectivity index (χ2v) is 2.64. The number of hydrogen-bond donors (Lipinski definition) is 0. The first-order valence-electron chi connectivity index (χ1n) is 4.04. The fourth-order valence-corrected chi connectivity index (χ4v) is 1.03. The topological polar surface area (TPSA) is 9.23 Å². The molecule has 1 nitrogen and oxygen atoms in total. The van der Waals surface area contributed by atoms with E-state index in [2.05, 4.69) is 12.8 Å². The van der Waals surface area contributed by atoms with Gasteiger partial charge in [-0.1, -0.05) is 12.8 Å². The second-order valence-electron chi connectivity index (χ2n) is 2.64. The summed E-state index contributed by atoms with van der Waals surface area (Å²) in [6.07, 6.45) is 8.08. The fraction of sp³-hybridized carbons (Fsp3) is 0.455. The van der Waals surface area contributed by atoms with E-state index in [1.54, 1.807) is 7.11 Å². The van der Waals surface area contributed by atoms with Gasteiger partial charge in [-0.15, -0.1) is 6.42 Å². The molecular formula is C11H16O. The van der Waals surface area contributed by atoms with Gasteiger partial charge < -0.3 is 4.74 Å². The number of allylic oxidation sites excluding steroid dienone is 4. The first-order chi connectivity index (χ1) is 5.65. The zero-order valence-electron chi connectivity index (χ0n) is 8.27. The van der Waals surface area contributed by atoms with Crippen LogP contribution in [0.25, 0.3) is 0 Å². The van der Waals surface area contributed by atoms with E-state index in [-0.39, 0.29) is 0 Å². The van der Waals surface area contributed by atoms with Crippen LogP contribution in [0, 0.1) is 12.3 Å². The molecule has 0 aliphatic heterocycles. The van der Waals surface area contributed by atoms with Gasteiger partial charge in [0.15, 0.2) is 0 Å². The molecule has 0 unspecified atom stereocenters. The molecule has 66 valence electrons. The predicted molar refractivity (Wildman–Crippen MR) is 52.6 cm³/mol. The Labute approximate surface area is 75.1 Å². The highest BCUT2D eigenvalue weighted by Crippen LogP contribution is 2.11. The van der Waals surface area contributed by atoms with Crippen molar-refractivity contribution in [1.82, 2.24) is 0 Å². The van der Waals surface area contributed by atoms with Crippen molar-refractivity contribution >= 4 is 0 Å². The maximum Gasteiger partial charge on any atom is 0.0982 e. The molecular weight excluding hydrogens is 148 g/mol. The first kappa shape index (κ1) is 10.8. The SMILES string of the molecule is C#C/C(C)=C\C(C)=C(/CC)OC. The molecule has 12 heavy (non-hydrogen) atoms. The Morgan fingerprint density at radius 3 is 2.42 bits per heavy atom. The Morgan fingerprint density at radius 2 is 2.08 bits per heavy atom. The first-order valence-corrected chi connectivity index (χ1v) is 4.04. The molecule has 0 aromatic rings. The monoisotopic (exact) mass is 164 g/mol. The third-order valence-electron chi connectivity index (χ3n) is 1.67. The average Bonchev–Trinajstić information content (AvgIpc) is 2.06. The Balaban J connectivity index is 4.67. The molecule has 0 fully saturated rings. The van der Waals surface area contributed by atoms with E-state index in [1.165, 1.54) is 0 Å². The van der Waals surface area contributed by atoms with Crippen LogP contribution in [0.3, 0.4) is 0 Å². The summed E-state index contributed by atoms with van der Waals surface area (Å²) >= 11 is 0. The number of methoxy groups -OCH3 is 1. The minimum atomic E-state index is 0.899. The van der Waals surface area contributed by atoms with E-state index in [9.17, 15) is 0 Å². The van der Waals surface area contributed by atoms with Crippen LogP contribution in [0.15, 0.2) is 23.0 Å². The van der Waals surface area contributed by atoms with Crippen molar-refractivity contribution < 1.29 is 4.74 Å². The standard InChI is InChI=1S/C11H16O/c1-6-9(3)8-10(4)11(7-2)12-5/h1,8H,7H2,2-5H3/b9-8-,11-10+. The smallest absolute Gasteiger partial charge is 0.0982 e. The summed E-state index contributed by atoms with van der Waals surface area (Å²) in [5, 5.41) is 0. The van der Waals surface area contributed by atoms with E-state index in [0.29, 0.717) is 0 Å². The Bertz CT molecular complexity index is 232. The quantitative estimate of drug-likeness (QED) is 0.354.